The van der Waals surface area contributed by atoms with E-state index < -0.39 is 5.91 Å². The molecule has 2 aromatic heterocycles. The first-order valence-electron chi connectivity index (χ1n) is 8.36. The van der Waals surface area contributed by atoms with Gasteiger partial charge in [0.25, 0.3) is 5.91 Å². The van der Waals surface area contributed by atoms with Gasteiger partial charge < -0.3 is 21.1 Å². The van der Waals surface area contributed by atoms with Crippen molar-refractivity contribution >= 4 is 33.1 Å². The van der Waals surface area contributed by atoms with Gasteiger partial charge in [-0.1, -0.05) is 12.1 Å². The van der Waals surface area contributed by atoms with Gasteiger partial charge in [0, 0.05) is 36.2 Å². The molecule has 6 nitrogen and oxygen atoms in total. The number of ether oxygens (including phenoxy) is 1. The van der Waals surface area contributed by atoms with Crippen molar-refractivity contribution in [3.63, 3.8) is 0 Å². The molecule has 0 aliphatic carbocycles. The van der Waals surface area contributed by atoms with Crippen LogP contribution in [0, 0.1) is 0 Å². The van der Waals surface area contributed by atoms with Gasteiger partial charge in [0.15, 0.2) is 0 Å². The molecule has 1 aliphatic heterocycles. The second-order valence-corrected chi connectivity index (χ2v) is 7.52. The van der Waals surface area contributed by atoms with Gasteiger partial charge in [-0.3, -0.25) is 4.79 Å². The largest absolute Gasteiger partial charge is 0.497 e. The molecule has 0 fully saturated rings. The number of nitrogens with two attached hydrogens (primary N) is 2. The lowest BCUT2D eigenvalue weighted by atomic mass is 9.92. The van der Waals surface area contributed by atoms with E-state index in [2.05, 4.69) is 11.9 Å². The molecule has 0 spiro atoms. The van der Waals surface area contributed by atoms with Gasteiger partial charge in [-0.15, -0.1) is 11.3 Å². The minimum Gasteiger partial charge on any atom is -0.497 e. The fourth-order valence-electron chi connectivity index (χ4n) is 3.52. The second kappa shape index (κ2) is 6.26. The third kappa shape index (κ3) is 2.60. The Labute approximate surface area is 155 Å². The molecule has 3 aromatic rings. The summed E-state index contributed by atoms with van der Waals surface area (Å²) in [6.45, 7) is 1.75. The lowest BCUT2D eigenvalue weighted by Gasteiger charge is -2.27. The summed E-state index contributed by atoms with van der Waals surface area (Å²) in [7, 11) is 3.74. The van der Waals surface area contributed by atoms with Crippen LogP contribution < -0.4 is 16.2 Å². The Morgan fingerprint density at radius 1 is 1.31 bits per heavy atom. The zero-order valence-electron chi connectivity index (χ0n) is 14.7. The topological polar surface area (TPSA) is 94.5 Å². The van der Waals surface area contributed by atoms with Gasteiger partial charge in [0.2, 0.25) is 0 Å². The number of hydrogen-bond donors (Lipinski definition) is 2. The number of thiophene rings is 1. The number of likely N-dealkylation sites (N-methyl/N-ethyl adjacent to an activating group) is 1. The van der Waals surface area contributed by atoms with E-state index in [4.69, 9.17) is 21.2 Å². The maximum Gasteiger partial charge on any atom is 0.260 e. The van der Waals surface area contributed by atoms with Crippen LogP contribution >= 0.6 is 11.3 Å². The summed E-state index contributed by atoms with van der Waals surface area (Å²) in [5.41, 5.74) is 16.6. The van der Waals surface area contributed by atoms with E-state index in [1.807, 2.05) is 24.3 Å². The number of carbonyl (C=O) groups is 1. The van der Waals surface area contributed by atoms with Crippen molar-refractivity contribution in [2.24, 2.45) is 5.73 Å². The zero-order valence-corrected chi connectivity index (χ0v) is 15.5. The van der Waals surface area contributed by atoms with Crippen molar-refractivity contribution in [3.8, 4) is 16.9 Å². The summed E-state index contributed by atoms with van der Waals surface area (Å²) in [6, 6.07) is 7.89. The van der Waals surface area contributed by atoms with E-state index in [1.165, 1.54) is 11.3 Å². The first kappa shape index (κ1) is 16.8. The fraction of sp³-hybridized carbons (Fsp3) is 0.263. The minimum atomic E-state index is -0.513. The number of nitrogens with zero attached hydrogens (tertiary/aromatic N) is 2. The number of hydrogen-bond acceptors (Lipinski definition) is 6. The SMILES string of the molecule is COc1ccc(-c2c3c(nc4sc(C(N)=O)c(N)c24)CCN(C)C3)cc1. The van der Waals surface area contributed by atoms with Crippen molar-refractivity contribution in [1.29, 1.82) is 0 Å². The lowest BCUT2D eigenvalue weighted by molar-refractivity contribution is 0.100. The number of benzene rings is 1. The van der Waals surface area contributed by atoms with Gasteiger partial charge in [0.05, 0.1) is 12.8 Å². The summed E-state index contributed by atoms with van der Waals surface area (Å²) < 4.78 is 5.28. The Balaban J connectivity index is 2.06. The molecule has 4 rings (SSSR count). The molecule has 1 aromatic carbocycles. The summed E-state index contributed by atoms with van der Waals surface area (Å²) >= 11 is 1.27. The highest BCUT2D eigenvalue weighted by Crippen LogP contribution is 2.43. The molecular weight excluding hydrogens is 348 g/mol. The van der Waals surface area contributed by atoms with E-state index in [1.54, 1.807) is 7.11 Å². The normalized spacial score (nSPS) is 14.4. The number of carbonyl (C=O) groups excluding carboxylic acids is 1. The summed E-state index contributed by atoms with van der Waals surface area (Å²) in [5, 5.41) is 0.822. The number of amides is 1. The van der Waals surface area contributed by atoms with Crippen molar-refractivity contribution in [1.82, 2.24) is 9.88 Å². The van der Waals surface area contributed by atoms with Gasteiger partial charge in [-0.05, 0) is 30.3 Å². The van der Waals surface area contributed by atoms with Crippen molar-refractivity contribution in [2.75, 3.05) is 26.4 Å². The lowest BCUT2D eigenvalue weighted by Crippen LogP contribution is -2.27. The van der Waals surface area contributed by atoms with E-state index >= 15 is 0 Å². The van der Waals surface area contributed by atoms with E-state index in [0.717, 1.165) is 57.9 Å². The third-order valence-electron chi connectivity index (χ3n) is 4.82. The molecule has 1 amide bonds. The van der Waals surface area contributed by atoms with E-state index in [-0.39, 0.29) is 0 Å². The van der Waals surface area contributed by atoms with Gasteiger partial charge in [0.1, 0.15) is 15.5 Å². The van der Waals surface area contributed by atoms with Crippen molar-refractivity contribution in [3.05, 3.63) is 40.4 Å². The number of fused-ring (bicyclic) bond motifs is 2. The molecule has 0 unspecified atom stereocenters. The molecule has 1 aliphatic rings. The Morgan fingerprint density at radius 2 is 2.04 bits per heavy atom. The second-order valence-electron chi connectivity index (χ2n) is 6.52. The van der Waals surface area contributed by atoms with Crippen molar-refractivity contribution < 1.29 is 9.53 Å². The highest BCUT2D eigenvalue weighted by Gasteiger charge is 2.26. The Morgan fingerprint density at radius 3 is 2.69 bits per heavy atom. The monoisotopic (exact) mass is 368 g/mol. The molecule has 7 heteroatoms. The standard InChI is InChI=1S/C19H20N4O2S/c1-23-8-7-13-12(9-23)14(10-3-5-11(25-2)6-4-10)15-16(20)17(18(21)24)26-19(15)22-13/h3-6H,7-9,20H2,1-2H3,(H2,21,24). The molecule has 0 bridgehead atoms. The maximum absolute atomic E-state index is 11.8. The Bertz CT molecular complexity index is 1010. The van der Waals surface area contributed by atoms with Crippen LogP contribution in [-0.4, -0.2) is 36.5 Å². The molecule has 0 radical (unpaired) electrons. The van der Waals surface area contributed by atoms with Crippen LogP contribution in [0.4, 0.5) is 5.69 Å². The molecule has 3 heterocycles. The quantitative estimate of drug-likeness (QED) is 0.741. The number of methoxy groups -OCH3 is 1. The van der Waals surface area contributed by atoms with Crippen LogP contribution in [-0.2, 0) is 13.0 Å². The predicted molar refractivity (Wildman–Crippen MR) is 105 cm³/mol. The van der Waals surface area contributed by atoms with Gasteiger partial charge >= 0.3 is 0 Å². The first-order chi connectivity index (χ1) is 12.5. The molecule has 26 heavy (non-hydrogen) atoms. The number of pyridine rings is 1. The molecule has 4 N–H and O–H groups in total. The molecule has 0 saturated heterocycles. The number of nitrogen functional groups attached to an aromatic ring is 1. The van der Waals surface area contributed by atoms with Gasteiger partial charge in [-0.25, -0.2) is 4.98 Å². The predicted octanol–water partition coefficient (Wildman–Crippen LogP) is 2.64. The van der Waals surface area contributed by atoms with Gasteiger partial charge in [-0.2, -0.15) is 0 Å². The minimum absolute atomic E-state index is 0.373. The van der Waals surface area contributed by atoms with Crippen LogP contribution in [0.15, 0.2) is 24.3 Å². The number of aromatic nitrogens is 1. The highest BCUT2D eigenvalue weighted by molar-refractivity contribution is 7.21. The molecule has 0 atom stereocenters. The molecular formula is C19H20N4O2S. The van der Waals surface area contributed by atoms with Crippen LogP contribution in [0.5, 0.6) is 5.75 Å². The number of primary amides is 1. The van der Waals surface area contributed by atoms with E-state index in [9.17, 15) is 4.79 Å². The molecule has 134 valence electrons. The number of anilines is 1. The van der Waals surface area contributed by atoms with Crippen LogP contribution in [0.2, 0.25) is 0 Å². The summed E-state index contributed by atoms with van der Waals surface area (Å²) in [4.78, 5) is 20.0. The van der Waals surface area contributed by atoms with Crippen LogP contribution in [0.3, 0.4) is 0 Å². The Kier molecular flexibility index (Phi) is 4.05. The zero-order chi connectivity index (χ0) is 18.4. The maximum atomic E-state index is 11.8. The number of rotatable bonds is 3. The van der Waals surface area contributed by atoms with Crippen LogP contribution in [0.1, 0.15) is 20.9 Å². The van der Waals surface area contributed by atoms with Crippen molar-refractivity contribution in [2.45, 2.75) is 13.0 Å². The smallest absolute Gasteiger partial charge is 0.260 e. The third-order valence-corrected chi connectivity index (χ3v) is 5.94. The highest BCUT2D eigenvalue weighted by atomic mass is 32.1. The fourth-order valence-corrected chi connectivity index (χ4v) is 4.49. The first-order valence-corrected chi connectivity index (χ1v) is 9.17. The summed E-state index contributed by atoms with van der Waals surface area (Å²) in [5.74, 6) is 0.280. The van der Waals surface area contributed by atoms with E-state index in [0.29, 0.717) is 10.6 Å². The average molecular weight is 368 g/mol. The van der Waals surface area contributed by atoms with Crippen LogP contribution in [0.25, 0.3) is 21.3 Å². The Hall–Kier alpha value is -2.64. The summed E-state index contributed by atoms with van der Waals surface area (Å²) in [6.07, 6.45) is 0.870. The molecule has 0 saturated carbocycles. The average Bonchev–Trinajstić information content (AvgIpc) is 2.97.